The number of rotatable bonds is 4. The van der Waals surface area contributed by atoms with Gasteiger partial charge in [0, 0.05) is 5.69 Å². The van der Waals surface area contributed by atoms with Gasteiger partial charge < -0.3 is 20.2 Å². The summed E-state index contributed by atoms with van der Waals surface area (Å²) in [6, 6.07) is 14.4. The quantitative estimate of drug-likeness (QED) is 0.779. The van der Waals surface area contributed by atoms with Crippen LogP contribution in [0.5, 0.6) is 5.75 Å². The van der Waals surface area contributed by atoms with E-state index in [2.05, 4.69) is 10.2 Å². The molecular formula is C19H23ClN3O2+. The SMILES string of the molecule is C[C@H](C(=O)Nc1ccccc1Cl)[NH+]1CCN(c2ccc(O)cc2)CC1. The van der Waals surface area contributed by atoms with Gasteiger partial charge in [0.05, 0.1) is 36.9 Å². The number of nitrogens with one attached hydrogen (secondary N) is 2. The summed E-state index contributed by atoms with van der Waals surface area (Å²) in [5, 5.41) is 12.9. The summed E-state index contributed by atoms with van der Waals surface area (Å²) >= 11 is 6.11. The second-order valence-corrected chi connectivity index (χ2v) is 6.76. The van der Waals surface area contributed by atoms with E-state index in [9.17, 15) is 9.90 Å². The van der Waals surface area contributed by atoms with Crippen LogP contribution >= 0.6 is 11.6 Å². The molecule has 0 unspecified atom stereocenters. The van der Waals surface area contributed by atoms with Gasteiger partial charge in [-0.15, -0.1) is 0 Å². The fourth-order valence-electron chi connectivity index (χ4n) is 3.14. The molecule has 5 nitrogen and oxygen atoms in total. The van der Waals surface area contributed by atoms with Gasteiger partial charge in [-0.3, -0.25) is 4.79 Å². The van der Waals surface area contributed by atoms with Crippen molar-refractivity contribution in [3.05, 3.63) is 53.6 Å². The number of nitrogens with zero attached hydrogens (tertiary/aromatic N) is 1. The molecule has 2 aromatic carbocycles. The number of carbonyl (C=O) groups is 1. The molecule has 0 radical (unpaired) electrons. The van der Waals surface area contributed by atoms with E-state index in [0.717, 1.165) is 31.9 Å². The minimum atomic E-state index is -0.141. The van der Waals surface area contributed by atoms with Crippen molar-refractivity contribution >= 4 is 28.9 Å². The highest BCUT2D eigenvalue weighted by Gasteiger charge is 2.29. The van der Waals surface area contributed by atoms with E-state index in [4.69, 9.17) is 11.6 Å². The summed E-state index contributed by atoms with van der Waals surface area (Å²) in [5.74, 6) is 0.263. The molecule has 1 aliphatic heterocycles. The summed E-state index contributed by atoms with van der Waals surface area (Å²) in [4.78, 5) is 16.1. The van der Waals surface area contributed by atoms with Gasteiger partial charge in [0.15, 0.2) is 6.04 Å². The molecule has 1 saturated heterocycles. The molecule has 0 aliphatic carbocycles. The van der Waals surface area contributed by atoms with Crippen LogP contribution in [0.2, 0.25) is 5.02 Å². The van der Waals surface area contributed by atoms with E-state index in [1.54, 1.807) is 18.2 Å². The number of hydrogen-bond acceptors (Lipinski definition) is 3. The van der Waals surface area contributed by atoms with E-state index >= 15 is 0 Å². The van der Waals surface area contributed by atoms with Crippen molar-refractivity contribution in [1.29, 1.82) is 0 Å². The van der Waals surface area contributed by atoms with Crippen LogP contribution in [0.3, 0.4) is 0 Å². The molecule has 25 heavy (non-hydrogen) atoms. The molecule has 132 valence electrons. The molecule has 1 aliphatic rings. The number of phenols is 1. The lowest BCUT2D eigenvalue weighted by atomic mass is 10.2. The molecule has 0 bridgehead atoms. The first-order chi connectivity index (χ1) is 12.0. The number of benzene rings is 2. The molecular weight excluding hydrogens is 338 g/mol. The minimum absolute atomic E-state index is 0.0128. The minimum Gasteiger partial charge on any atom is -0.508 e. The van der Waals surface area contributed by atoms with Crippen molar-refractivity contribution in [2.45, 2.75) is 13.0 Å². The first kappa shape index (κ1) is 17.6. The fraction of sp³-hybridized carbons (Fsp3) is 0.316. The topological polar surface area (TPSA) is 57.0 Å². The highest BCUT2D eigenvalue weighted by molar-refractivity contribution is 6.33. The number of amides is 1. The number of para-hydroxylation sites is 1. The van der Waals surface area contributed by atoms with Crippen LogP contribution < -0.4 is 15.1 Å². The van der Waals surface area contributed by atoms with Crippen LogP contribution in [0.15, 0.2) is 48.5 Å². The highest BCUT2D eigenvalue weighted by atomic mass is 35.5. The Balaban J connectivity index is 1.56. The zero-order chi connectivity index (χ0) is 17.8. The third-order valence-electron chi connectivity index (χ3n) is 4.76. The van der Waals surface area contributed by atoms with Gasteiger partial charge in [-0.25, -0.2) is 0 Å². The Hall–Kier alpha value is -2.24. The number of quaternary nitrogens is 1. The summed E-state index contributed by atoms with van der Waals surface area (Å²) in [5.41, 5.74) is 1.76. The van der Waals surface area contributed by atoms with E-state index in [0.29, 0.717) is 10.7 Å². The molecule has 1 heterocycles. The van der Waals surface area contributed by atoms with Crippen LogP contribution in [-0.2, 0) is 4.79 Å². The molecule has 2 aromatic rings. The normalized spacial score (nSPS) is 16.5. The standard InChI is InChI=1S/C19H22ClN3O2/c1-14(19(25)21-18-5-3-2-4-17(18)20)22-10-12-23(13-11-22)15-6-8-16(24)9-7-15/h2-9,14,24H,10-13H2,1H3,(H,21,25)/p+1/t14-/m1/s1. The lowest BCUT2D eigenvalue weighted by Gasteiger charge is -2.36. The zero-order valence-electron chi connectivity index (χ0n) is 14.2. The van der Waals surface area contributed by atoms with Crippen molar-refractivity contribution in [3.8, 4) is 5.75 Å². The number of carbonyl (C=O) groups excluding carboxylic acids is 1. The third kappa shape index (κ3) is 4.24. The van der Waals surface area contributed by atoms with E-state index in [1.165, 1.54) is 4.90 Å². The molecule has 6 heteroatoms. The van der Waals surface area contributed by atoms with Gasteiger partial charge in [0.1, 0.15) is 5.75 Å². The number of hydrogen-bond donors (Lipinski definition) is 3. The number of anilines is 2. The van der Waals surface area contributed by atoms with Gasteiger partial charge in [-0.05, 0) is 43.3 Å². The maximum atomic E-state index is 12.5. The average molecular weight is 361 g/mol. The molecule has 3 rings (SSSR count). The fourth-order valence-corrected chi connectivity index (χ4v) is 3.32. The molecule has 0 saturated carbocycles. The Morgan fingerprint density at radius 3 is 2.44 bits per heavy atom. The molecule has 0 spiro atoms. The Morgan fingerprint density at radius 1 is 1.16 bits per heavy atom. The van der Waals surface area contributed by atoms with Crippen LogP contribution in [0.1, 0.15) is 6.92 Å². The Bertz CT molecular complexity index is 728. The van der Waals surface area contributed by atoms with Crippen LogP contribution in [-0.4, -0.2) is 43.2 Å². The van der Waals surface area contributed by atoms with Crippen molar-refractivity contribution in [2.24, 2.45) is 0 Å². The predicted molar refractivity (Wildman–Crippen MR) is 101 cm³/mol. The van der Waals surface area contributed by atoms with Crippen LogP contribution in [0, 0.1) is 0 Å². The average Bonchev–Trinajstić information content (AvgIpc) is 2.64. The molecule has 1 fully saturated rings. The Kier molecular flexibility index (Phi) is 5.46. The Labute approximate surface area is 152 Å². The van der Waals surface area contributed by atoms with E-state index in [-0.39, 0.29) is 17.7 Å². The van der Waals surface area contributed by atoms with E-state index in [1.807, 2.05) is 37.3 Å². The van der Waals surface area contributed by atoms with Crippen LogP contribution in [0.4, 0.5) is 11.4 Å². The highest BCUT2D eigenvalue weighted by Crippen LogP contribution is 2.20. The number of halogens is 1. The second kappa shape index (κ2) is 7.76. The third-order valence-corrected chi connectivity index (χ3v) is 5.09. The first-order valence-electron chi connectivity index (χ1n) is 8.48. The van der Waals surface area contributed by atoms with Crippen molar-refractivity contribution in [3.63, 3.8) is 0 Å². The van der Waals surface area contributed by atoms with Gasteiger partial charge in [-0.2, -0.15) is 0 Å². The number of phenolic OH excluding ortho intramolecular Hbond substituents is 1. The zero-order valence-corrected chi connectivity index (χ0v) is 15.0. The first-order valence-corrected chi connectivity index (χ1v) is 8.86. The molecule has 1 amide bonds. The van der Waals surface area contributed by atoms with Gasteiger partial charge >= 0.3 is 0 Å². The summed E-state index contributed by atoms with van der Waals surface area (Å²) in [6.45, 7) is 5.49. The van der Waals surface area contributed by atoms with Crippen molar-refractivity contribution in [2.75, 3.05) is 36.4 Å². The molecule has 0 aromatic heterocycles. The lowest BCUT2D eigenvalue weighted by molar-refractivity contribution is -0.914. The summed E-state index contributed by atoms with van der Waals surface area (Å²) in [6.07, 6.45) is 0. The number of aromatic hydroxyl groups is 1. The van der Waals surface area contributed by atoms with Gasteiger partial charge in [0.25, 0.3) is 5.91 Å². The monoisotopic (exact) mass is 360 g/mol. The smallest absolute Gasteiger partial charge is 0.282 e. The lowest BCUT2D eigenvalue weighted by Crippen LogP contribution is -3.19. The van der Waals surface area contributed by atoms with Gasteiger partial charge in [-0.1, -0.05) is 23.7 Å². The largest absolute Gasteiger partial charge is 0.508 e. The Morgan fingerprint density at radius 2 is 1.80 bits per heavy atom. The maximum absolute atomic E-state index is 12.5. The van der Waals surface area contributed by atoms with Crippen molar-refractivity contribution < 1.29 is 14.8 Å². The second-order valence-electron chi connectivity index (χ2n) is 6.35. The summed E-state index contributed by atoms with van der Waals surface area (Å²) in [7, 11) is 0. The molecule has 1 atom stereocenters. The predicted octanol–water partition coefficient (Wildman–Crippen LogP) is 1.78. The summed E-state index contributed by atoms with van der Waals surface area (Å²) < 4.78 is 0. The maximum Gasteiger partial charge on any atom is 0.282 e. The van der Waals surface area contributed by atoms with Gasteiger partial charge in [0.2, 0.25) is 0 Å². The van der Waals surface area contributed by atoms with Crippen LogP contribution in [0.25, 0.3) is 0 Å². The number of piperazine rings is 1. The van der Waals surface area contributed by atoms with E-state index < -0.39 is 0 Å². The van der Waals surface area contributed by atoms with Crippen molar-refractivity contribution in [1.82, 2.24) is 0 Å². The molecule has 3 N–H and O–H groups in total.